The molecule has 0 spiro atoms. The number of aromatic nitrogens is 4. The van der Waals surface area contributed by atoms with Crippen LogP contribution in [0.3, 0.4) is 0 Å². The number of rotatable bonds is 5. The number of hydrogen-bond acceptors (Lipinski definition) is 8. The Morgan fingerprint density at radius 1 is 1.21 bits per heavy atom. The summed E-state index contributed by atoms with van der Waals surface area (Å²) in [5.74, 6) is 2.55. The van der Waals surface area contributed by atoms with Gasteiger partial charge >= 0.3 is 6.09 Å². The van der Waals surface area contributed by atoms with E-state index in [0.717, 1.165) is 53.2 Å². The number of hydrogen-bond donors (Lipinski definition) is 4. The van der Waals surface area contributed by atoms with Crippen molar-refractivity contribution < 1.29 is 9.53 Å². The van der Waals surface area contributed by atoms with E-state index in [1.54, 1.807) is 11.3 Å². The molecule has 4 N–H and O–H groups in total. The number of aromatic amines is 1. The lowest BCUT2D eigenvalue weighted by molar-refractivity contribution is 0.0499. The van der Waals surface area contributed by atoms with Gasteiger partial charge in [0.2, 0.25) is 5.95 Å². The van der Waals surface area contributed by atoms with E-state index in [1.165, 1.54) is 0 Å². The summed E-state index contributed by atoms with van der Waals surface area (Å²) in [6.45, 7) is 9.83. The lowest BCUT2D eigenvalue weighted by Gasteiger charge is -2.25. The first-order valence-electron chi connectivity index (χ1n) is 11.4. The maximum Gasteiger partial charge on any atom is 0.407 e. The average molecular weight is 472 g/mol. The third-order valence-electron chi connectivity index (χ3n) is 5.57. The van der Waals surface area contributed by atoms with E-state index in [2.05, 4.69) is 33.1 Å². The smallest absolute Gasteiger partial charge is 0.407 e. The van der Waals surface area contributed by atoms with Crippen molar-refractivity contribution in [2.24, 2.45) is 5.92 Å². The van der Waals surface area contributed by atoms with Crippen LogP contribution < -0.4 is 16.0 Å². The Balaban J connectivity index is 1.50. The second kappa shape index (κ2) is 9.54. The minimum atomic E-state index is -0.514. The molecule has 3 unspecified atom stereocenters. The summed E-state index contributed by atoms with van der Waals surface area (Å²) in [6.07, 6.45) is 3.38. The fourth-order valence-electron chi connectivity index (χ4n) is 4.17. The van der Waals surface area contributed by atoms with Gasteiger partial charge in [0.15, 0.2) is 11.6 Å². The van der Waals surface area contributed by atoms with E-state index >= 15 is 0 Å². The number of carbonyl (C=O) groups is 1. The predicted octanol–water partition coefficient (Wildman–Crippen LogP) is 5.35. The van der Waals surface area contributed by atoms with E-state index in [1.807, 2.05) is 45.2 Å². The standard InChI is InChI=1S/C23H33N7O2S/c1-13-6-7-15(25-22(31)32-23(3,4)5)12-16(10-13)24-21-26-17-8-9-33-19(17)20(28-21)27-18-11-14(2)29-30-18/h8-9,11,13,15-16H,6-7,10,12H2,1-5H3,(H,25,31)(H3,24,26,27,28,29,30). The summed E-state index contributed by atoms with van der Waals surface area (Å²) in [6, 6.07) is 4.11. The van der Waals surface area contributed by atoms with Crippen molar-refractivity contribution in [2.45, 2.75) is 78.0 Å². The van der Waals surface area contributed by atoms with Crippen molar-refractivity contribution in [3.8, 4) is 0 Å². The van der Waals surface area contributed by atoms with Crippen LogP contribution in [0.15, 0.2) is 17.5 Å². The zero-order chi connectivity index (χ0) is 23.6. The molecule has 1 fully saturated rings. The fourth-order valence-corrected chi connectivity index (χ4v) is 4.94. The van der Waals surface area contributed by atoms with Crippen molar-refractivity contribution in [3.63, 3.8) is 0 Å². The molecule has 1 aliphatic rings. The summed E-state index contributed by atoms with van der Waals surface area (Å²) in [5.41, 5.74) is 1.35. The average Bonchev–Trinajstić information content (AvgIpc) is 3.29. The molecule has 3 aromatic heterocycles. The quantitative estimate of drug-likeness (QED) is 0.371. The Kier molecular flexibility index (Phi) is 6.73. The van der Waals surface area contributed by atoms with Gasteiger partial charge in [-0.25, -0.2) is 9.78 Å². The van der Waals surface area contributed by atoms with Gasteiger partial charge in [-0.15, -0.1) is 11.3 Å². The van der Waals surface area contributed by atoms with Crippen LogP contribution in [0.5, 0.6) is 0 Å². The highest BCUT2D eigenvalue weighted by molar-refractivity contribution is 7.17. The van der Waals surface area contributed by atoms with Gasteiger partial charge in [-0.3, -0.25) is 5.10 Å². The van der Waals surface area contributed by atoms with Gasteiger partial charge in [-0.05, 0) is 70.7 Å². The van der Waals surface area contributed by atoms with Crippen molar-refractivity contribution in [1.82, 2.24) is 25.5 Å². The maximum atomic E-state index is 12.3. The number of nitrogens with zero attached hydrogens (tertiary/aromatic N) is 3. The minimum Gasteiger partial charge on any atom is -0.444 e. The number of aryl methyl sites for hydroxylation is 1. The van der Waals surface area contributed by atoms with Crippen LogP contribution in [-0.2, 0) is 4.74 Å². The third-order valence-corrected chi connectivity index (χ3v) is 6.48. The van der Waals surface area contributed by atoms with Crippen LogP contribution in [0.4, 0.5) is 22.4 Å². The van der Waals surface area contributed by atoms with Crippen LogP contribution in [0.25, 0.3) is 10.2 Å². The zero-order valence-corrected chi connectivity index (χ0v) is 20.7. The first-order valence-corrected chi connectivity index (χ1v) is 12.3. The number of thiophene rings is 1. The zero-order valence-electron chi connectivity index (χ0n) is 19.9. The third kappa shape index (κ3) is 6.34. The number of H-pyrrole nitrogens is 1. The van der Waals surface area contributed by atoms with Gasteiger partial charge in [-0.2, -0.15) is 10.1 Å². The Morgan fingerprint density at radius 3 is 2.76 bits per heavy atom. The molecule has 0 aliphatic heterocycles. The van der Waals surface area contributed by atoms with Crippen molar-refractivity contribution in [3.05, 3.63) is 23.2 Å². The van der Waals surface area contributed by atoms with Gasteiger partial charge in [-0.1, -0.05) is 6.92 Å². The van der Waals surface area contributed by atoms with Crippen LogP contribution in [-0.4, -0.2) is 43.9 Å². The molecule has 9 nitrogen and oxygen atoms in total. The molecule has 4 rings (SSSR count). The summed E-state index contributed by atoms with van der Waals surface area (Å²) < 4.78 is 6.45. The van der Waals surface area contributed by atoms with Crippen molar-refractivity contribution in [2.75, 3.05) is 10.6 Å². The minimum absolute atomic E-state index is 0.0387. The Labute approximate surface area is 198 Å². The van der Waals surface area contributed by atoms with Gasteiger partial charge in [0.05, 0.1) is 10.2 Å². The highest BCUT2D eigenvalue weighted by Crippen LogP contribution is 2.31. The normalized spacial score (nSPS) is 21.4. The molecular weight excluding hydrogens is 438 g/mol. The van der Waals surface area contributed by atoms with E-state index in [4.69, 9.17) is 14.7 Å². The second-order valence-corrected chi connectivity index (χ2v) is 10.8. The molecule has 1 aliphatic carbocycles. The van der Waals surface area contributed by atoms with E-state index in [0.29, 0.717) is 11.9 Å². The Morgan fingerprint density at radius 2 is 2.03 bits per heavy atom. The van der Waals surface area contributed by atoms with E-state index < -0.39 is 5.60 Å². The molecule has 3 aromatic rings. The number of amides is 1. The van der Waals surface area contributed by atoms with Gasteiger partial charge in [0.1, 0.15) is 5.60 Å². The first kappa shape index (κ1) is 23.3. The number of alkyl carbamates (subject to hydrolysis) is 1. The lowest BCUT2D eigenvalue weighted by Crippen LogP contribution is -2.41. The molecule has 33 heavy (non-hydrogen) atoms. The molecular formula is C23H33N7O2S. The lowest BCUT2D eigenvalue weighted by atomic mass is 10.0. The maximum absolute atomic E-state index is 12.3. The van der Waals surface area contributed by atoms with Crippen LogP contribution in [0, 0.1) is 12.8 Å². The fraction of sp³-hybridized carbons (Fsp3) is 0.565. The number of carbonyl (C=O) groups excluding carboxylic acids is 1. The summed E-state index contributed by atoms with van der Waals surface area (Å²) in [7, 11) is 0. The van der Waals surface area contributed by atoms with Crippen LogP contribution in [0.2, 0.25) is 0 Å². The molecule has 1 amide bonds. The molecule has 10 heteroatoms. The molecule has 0 bridgehead atoms. The highest BCUT2D eigenvalue weighted by atomic mass is 32.1. The monoisotopic (exact) mass is 471 g/mol. The summed E-state index contributed by atoms with van der Waals surface area (Å²) >= 11 is 1.60. The van der Waals surface area contributed by atoms with Gasteiger partial charge in [0, 0.05) is 23.8 Å². The van der Waals surface area contributed by atoms with Crippen molar-refractivity contribution in [1.29, 1.82) is 0 Å². The number of ether oxygens (including phenoxy) is 1. The molecule has 0 aromatic carbocycles. The topological polar surface area (TPSA) is 117 Å². The predicted molar refractivity (Wildman–Crippen MR) is 132 cm³/mol. The van der Waals surface area contributed by atoms with Crippen LogP contribution in [0.1, 0.15) is 59.1 Å². The summed E-state index contributed by atoms with van der Waals surface area (Å²) in [4.78, 5) is 21.8. The van der Waals surface area contributed by atoms with Crippen molar-refractivity contribution >= 4 is 45.2 Å². The number of fused-ring (bicyclic) bond motifs is 1. The molecule has 1 saturated carbocycles. The largest absolute Gasteiger partial charge is 0.444 e. The van der Waals surface area contributed by atoms with Crippen LogP contribution >= 0.6 is 11.3 Å². The van der Waals surface area contributed by atoms with Gasteiger partial charge < -0.3 is 20.7 Å². The molecule has 178 valence electrons. The molecule has 0 saturated heterocycles. The molecule has 3 atom stereocenters. The summed E-state index contributed by atoms with van der Waals surface area (Å²) in [5, 5.41) is 19.1. The molecule has 0 radical (unpaired) electrons. The number of anilines is 3. The SMILES string of the molecule is Cc1cc(Nc2nc(NC3CC(C)CCC(NC(=O)OC(C)(C)C)C3)nc3ccsc23)n[nH]1. The second-order valence-electron chi connectivity index (χ2n) is 9.93. The first-order chi connectivity index (χ1) is 15.6. The van der Waals surface area contributed by atoms with E-state index in [9.17, 15) is 4.79 Å². The van der Waals surface area contributed by atoms with Gasteiger partial charge in [0.25, 0.3) is 0 Å². The Bertz CT molecular complexity index is 1100. The highest BCUT2D eigenvalue weighted by Gasteiger charge is 2.27. The number of nitrogens with one attached hydrogen (secondary N) is 4. The molecule has 3 heterocycles. The Hall–Kier alpha value is -2.88. The van der Waals surface area contributed by atoms with E-state index in [-0.39, 0.29) is 18.2 Å².